The highest BCUT2D eigenvalue weighted by molar-refractivity contribution is 7.81. The van der Waals surface area contributed by atoms with E-state index in [1.54, 1.807) is 67.6 Å². The van der Waals surface area contributed by atoms with Gasteiger partial charge in [-0.15, -0.1) is 0 Å². The van der Waals surface area contributed by atoms with E-state index in [0.29, 0.717) is 11.1 Å². The van der Waals surface area contributed by atoms with Crippen LogP contribution in [0.2, 0.25) is 0 Å². The molecule has 2 aromatic rings. The Balaban J connectivity index is 1.50. The van der Waals surface area contributed by atoms with Gasteiger partial charge in [0.25, 0.3) is 0 Å². The van der Waals surface area contributed by atoms with Crippen LogP contribution in [0.3, 0.4) is 0 Å². The fourth-order valence-electron chi connectivity index (χ4n) is 3.82. The summed E-state index contributed by atoms with van der Waals surface area (Å²) in [6, 6.07) is 16.3. The van der Waals surface area contributed by atoms with Crippen LogP contribution < -0.4 is 5.32 Å². The molecule has 1 N–H and O–H groups in total. The highest BCUT2D eigenvalue weighted by atomic mass is 32.1. The minimum Gasteiger partial charge on any atom is -0.459 e. The average Bonchev–Trinajstić information content (AvgIpc) is 3.24. The van der Waals surface area contributed by atoms with Crippen LogP contribution in [0.1, 0.15) is 34.1 Å². The Morgan fingerprint density at radius 3 is 2.24 bits per heavy atom. The van der Waals surface area contributed by atoms with Gasteiger partial charge in [-0.1, -0.05) is 43.3 Å². The van der Waals surface area contributed by atoms with Crippen molar-refractivity contribution in [3.63, 3.8) is 0 Å². The van der Waals surface area contributed by atoms with Gasteiger partial charge >= 0.3 is 18.0 Å². The second-order valence-electron chi connectivity index (χ2n) is 8.04. The highest BCUT2D eigenvalue weighted by Gasteiger charge is 2.48. The number of nitrogens with one attached hydrogen (secondary N) is 1. The molecule has 0 unspecified atom stereocenters. The van der Waals surface area contributed by atoms with Gasteiger partial charge in [0.2, 0.25) is 5.91 Å². The monoisotopic (exact) mass is 484 g/mol. The summed E-state index contributed by atoms with van der Waals surface area (Å²) in [4.78, 5) is 50.9. The molecule has 2 saturated heterocycles. The molecule has 2 aliphatic heterocycles. The van der Waals surface area contributed by atoms with Crippen molar-refractivity contribution in [2.75, 3.05) is 6.61 Å². The third kappa shape index (κ3) is 5.07. The SMILES string of the molecule is C[C@@H]1C(=O)NC(=O)N([C@H]2C[C@H](OC(=O)c3ccccc3)[C@@H](COC(=O)c3ccccc3)O2)[C@H]1S. The molecule has 0 aliphatic carbocycles. The van der Waals surface area contributed by atoms with Crippen LogP contribution in [0.25, 0.3) is 0 Å². The fraction of sp³-hybridized carbons (Fsp3) is 0.333. The lowest BCUT2D eigenvalue weighted by Gasteiger charge is -2.39. The molecule has 0 bridgehead atoms. The first-order chi connectivity index (χ1) is 16.3. The van der Waals surface area contributed by atoms with Gasteiger partial charge < -0.3 is 14.2 Å². The number of hydrogen-bond acceptors (Lipinski definition) is 8. The van der Waals surface area contributed by atoms with E-state index in [9.17, 15) is 19.2 Å². The first-order valence-corrected chi connectivity index (χ1v) is 11.3. The minimum absolute atomic E-state index is 0.123. The van der Waals surface area contributed by atoms with Crippen molar-refractivity contribution in [3.8, 4) is 0 Å². The van der Waals surface area contributed by atoms with Crippen molar-refractivity contribution < 1.29 is 33.4 Å². The molecule has 5 atom stereocenters. The third-order valence-electron chi connectivity index (χ3n) is 5.76. The number of ether oxygens (including phenoxy) is 3. The van der Waals surface area contributed by atoms with Crippen LogP contribution in [0.5, 0.6) is 0 Å². The van der Waals surface area contributed by atoms with Crippen molar-refractivity contribution >= 4 is 36.5 Å². The number of carbonyl (C=O) groups excluding carboxylic acids is 4. The molecular weight excluding hydrogens is 460 g/mol. The predicted octanol–water partition coefficient (Wildman–Crippen LogP) is 2.63. The molecule has 0 radical (unpaired) electrons. The van der Waals surface area contributed by atoms with Gasteiger partial charge in [0.1, 0.15) is 25.0 Å². The van der Waals surface area contributed by atoms with Crippen LogP contribution in [-0.2, 0) is 19.0 Å². The molecule has 10 heteroatoms. The first-order valence-electron chi connectivity index (χ1n) is 10.8. The molecule has 2 aliphatic rings. The number of amides is 3. The number of carbonyl (C=O) groups is 4. The zero-order chi connectivity index (χ0) is 24.2. The molecule has 0 aromatic heterocycles. The maximum absolute atomic E-state index is 12.7. The molecule has 2 aromatic carbocycles. The molecular formula is C24H24N2O7S. The van der Waals surface area contributed by atoms with E-state index < -0.39 is 53.6 Å². The Morgan fingerprint density at radius 1 is 1.03 bits per heavy atom. The fourth-order valence-corrected chi connectivity index (χ4v) is 4.21. The number of esters is 2. The summed E-state index contributed by atoms with van der Waals surface area (Å²) in [5.41, 5.74) is 0.723. The number of thiol groups is 1. The van der Waals surface area contributed by atoms with E-state index in [2.05, 4.69) is 17.9 Å². The summed E-state index contributed by atoms with van der Waals surface area (Å²) in [6.07, 6.45) is -2.35. The van der Waals surface area contributed by atoms with Crippen LogP contribution in [0, 0.1) is 5.92 Å². The van der Waals surface area contributed by atoms with E-state index in [1.807, 2.05) is 0 Å². The van der Waals surface area contributed by atoms with E-state index in [1.165, 1.54) is 4.90 Å². The smallest absolute Gasteiger partial charge is 0.338 e. The van der Waals surface area contributed by atoms with Gasteiger partial charge in [-0.2, -0.15) is 12.6 Å². The van der Waals surface area contributed by atoms with Crippen LogP contribution in [0.15, 0.2) is 60.7 Å². The topological polar surface area (TPSA) is 111 Å². The number of benzene rings is 2. The molecule has 0 saturated carbocycles. The summed E-state index contributed by atoms with van der Waals surface area (Å²) < 4.78 is 17.1. The molecule has 3 amide bonds. The number of hydrogen-bond donors (Lipinski definition) is 2. The number of imide groups is 1. The minimum atomic E-state index is -0.841. The van der Waals surface area contributed by atoms with Gasteiger partial charge in [-0.05, 0) is 24.3 Å². The third-order valence-corrected chi connectivity index (χ3v) is 6.45. The zero-order valence-corrected chi connectivity index (χ0v) is 19.2. The predicted molar refractivity (Wildman–Crippen MR) is 123 cm³/mol. The van der Waals surface area contributed by atoms with Gasteiger partial charge in [0.15, 0.2) is 0 Å². The highest BCUT2D eigenvalue weighted by Crippen LogP contribution is 2.32. The van der Waals surface area contributed by atoms with Crippen molar-refractivity contribution in [2.24, 2.45) is 5.92 Å². The van der Waals surface area contributed by atoms with Gasteiger partial charge in [-0.25, -0.2) is 14.4 Å². The van der Waals surface area contributed by atoms with Crippen molar-refractivity contribution in [3.05, 3.63) is 71.8 Å². The molecule has 2 fully saturated rings. The average molecular weight is 485 g/mol. The number of urea groups is 1. The van der Waals surface area contributed by atoms with Crippen molar-refractivity contribution in [2.45, 2.75) is 37.2 Å². The largest absolute Gasteiger partial charge is 0.459 e. The summed E-state index contributed by atoms with van der Waals surface area (Å²) >= 11 is 4.43. The van der Waals surface area contributed by atoms with Crippen LogP contribution in [-0.4, -0.2) is 59.2 Å². The Kier molecular flexibility index (Phi) is 7.18. The summed E-state index contributed by atoms with van der Waals surface area (Å²) in [5.74, 6) is -2.13. The standard InChI is InChI=1S/C24H24N2O7S/c1-14-20(27)25-24(30)26(21(14)34)19-12-17(33-23(29)16-10-6-3-7-11-16)18(32-19)13-31-22(28)15-8-4-2-5-9-15/h2-11,14,17-19,21,34H,12-13H2,1H3,(H,25,27,30)/t14-,17+,18-,19-,21+/m1/s1. The second-order valence-corrected chi connectivity index (χ2v) is 8.57. The Labute approximate surface area is 201 Å². The van der Waals surface area contributed by atoms with Crippen LogP contribution >= 0.6 is 12.6 Å². The quantitative estimate of drug-likeness (QED) is 0.479. The Morgan fingerprint density at radius 2 is 1.62 bits per heavy atom. The van der Waals surface area contributed by atoms with Crippen molar-refractivity contribution in [1.29, 1.82) is 0 Å². The summed E-state index contributed by atoms with van der Waals surface area (Å²) in [7, 11) is 0. The van der Waals surface area contributed by atoms with E-state index in [4.69, 9.17) is 14.2 Å². The first kappa shape index (κ1) is 23.8. The maximum Gasteiger partial charge on any atom is 0.338 e. The number of nitrogens with zero attached hydrogens (tertiary/aromatic N) is 1. The normalized spacial score (nSPS) is 26.6. The zero-order valence-electron chi connectivity index (χ0n) is 18.3. The molecule has 178 valence electrons. The van der Waals surface area contributed by atoms with E-state index in [0.717, 1.165) is 0 Å². The van der Waals surface area contributed by atoms with Crippen LogP contribution in [0.4, 0.5) is 4.79 Å². The lowest BCUT2D eigenvalue weighted by atomic mass is 10.1. The summed E-state index contributed by atoms with van der Waals surface area (Å²) in [6.45, 7) is 1.45. The summed E-state index contributed by atoms with van der Waals surface area (Å²) in [5, 5.41) is 1.55. The molecule has 0 spiro atoms. The lowest BCUT2D eigenvalue weighted by Crippen LogP contribution is -2.60. The molecule has 34 heavy (non-hydrogen) atoms. The van der Waals surface area contributed by atoms with Crippen molar-refractivity contribution in [1.82, 2.24) is 10.2 Å². The molecule has 9 nitrogen and oxygen atoms in total. The lowest BCUT2D eigenvalue weighted by molar-refractivity contribution is -0.129. The van der Waals surface area contributed by atoms with E-state index in [-0.39, 0.29) is 13.0 Å². The van der Waals surface area contributed by atoms with Gasteiger partial charge in [0, 0.05) is 6.42 Å². The van der Waals surface area contributed by atoms with Gasteiger partial charge in [0.05, 0.1) is 22.4 Å². The Hall–Kier alpha value is -3.37. The number of rotatable bonds is 6. The molecule has 2 heterocycles. The van der Waals surface area contributed by atoms with Gasteiger partial charge in [-0.3, -0.25) is 15.0 Å². The maximum atomic E-state index is 12.7. The Bertz CT molecular complexity index is 1070. The van der Waals surface area contributed by atoms with E-state index >= 15 is 0 Å². The second kappa shape index (κ2) is 10.3. The molecule has 4 rings (SSSR count).